The highest BCUT2D eigenvalue weighted by molar-refractivity contribution is 6.39. The smallest absolute Gasteiger partial charge is 0.272 e. The van der Waals surface area contributed by atoms with Crippen LogP contribution < -0.4 is 5.32 Å². The SMILES string of the molecule is O=[N+]([O-])c1cc(Cl)c(NCc2ncon2)c(Cl)c1. The number of halogens is 2. The molecule has 0 radical (unpaired) electrons. The Hall–Kier alpha value is -1.86. The molecule has 1 heterocycles. The molecule has 2 rings (SSSR count). The zero-order valence-electron chi connectivity index (χ0n) is 8.76. The summed E-state index contributed by atoms with van der Waals surface area (Å²) in [6, 6.07) is 2.43. The molecule has 2 aromatic rings. The third-order valence-electron chi connectivity index (χ3n) is 2.07. The maximum absolute atomic E-state index is 10.6. The van der Waals surface area contributed by atoms with Crippen molar-refractivity contribution in [1.29, 1.82) is 0 Å². The average molecular weight is 289 g/mol. The van der Waals surface area contributed by atoms with E-state index in [1.807, 2.05) is 0 Å². The maximum Gasteiger partial charge on any atom is 0.272 e. The van der Waals surface area contributed by atoms with E-state index in [1.165, 1.54) is 18.5 Å². The molecule has 1 aromatic heterocycles. The number of nitro benzene ring substituents is 1. The molecule has 0 amide bonds. The van der Waals surface area contributed by atoms with Gasteiger partial charge in [0.1, 0.15) is 0 Å². The van der Waals surface area contributed by atoms with Crippen LogP contribution in [0.3, 0.4) is 0 Å². The number of anilines is 1. The first-order chi connectivity index (χ1) is 8.58. The monoisotopic (exact) mass is 288 g/mol. The molecule has 0 saturated heterocycles. The van der Waals surface area contributed by atoms with E-state index in [4.69, 9.17) is 23.2 Å². The minimum atomic E-state index is -0.569. The lowest BCUT2D eigenvalue weighted by atomic mass is 10.2. The molecule has 0 aliphatic heterocycles. The lowest BCUT2D eigenvalue weighted by Crippen LogP contribution is -2.02. The van der Waals surface area contributed by atoms with Crippen molar-refractivity contribution in [1.82, 2.24) is 10.1 Å². The number of non-ortho nitro benzene ring substituents is 1. The quantitative estimate of drug-likeness (QED) is 0.687. The van der Waals surface area contributed by atoms with Gasteiger partial charge in [-0.25, -0.2) is 0 Å². The third-order valence-corrected chi connectivity index (χ3v) is 2.66. The summed E-state index contributed by atoms with van der Waals surface area (Å²) in [5, 5.41) is 17.4. The van der Waals surface area contributed by atoms with Crippen molar-refractivity contribution in [3.8, 4) is 0 Å². The molecule has 1 aromatic carbocycles. The second-order valence-electron chi connectivity index (χ2n) is 3.24. The highest BCUT2D eigenvalue weighted by Crippen LogP contribution is 2.34. The van der Waals surface area contributed by atoms with E-state index in [1.54, 1.807) is 0 Å². The fourth-order valence-corrected chi connectivity index (χ4v) is 1.88. The van der Waals surface area contributed by atoms with Crippen LogP contribution >= 0.6 is 23.2 Å². The van der Waals surface area contributed by atoms with Gasteiger partial charge >= 0.3 is 0 Å². The number of aromatic nitrogens is 2. The largest absolute Gasteiger partial charge is 0.375 e. The Morgan fingerprint density at radius 2 is 2.06 bits per heavy atom. The van der Waals surface area contributed by atoms with Gasteiger partial charge in [-0.15, -0.1) is 0 Å². The fourth-order valence-electron chi connectivity index (χ4n) is 1.27. The van der Waals surface area contributed by atoms with E-state index < -0.39 is 4.92 Å². The Morgan fingerprint density at radius 1 is 1.39 bits per heavy atom. The van der Waals surface area contributed by atoms with Crippen molar-refractivity contribution >= 4 is 34.6 Å². The molecule has 0 bridgehead atoms. The summed E-state index contributed by atoms with van der Waals surface area (Å²) in [4.78, 5) is 13.8. The molecule has 7 nitrogen and oxygen atoms in total. The molecule has 0 aliphatic carbocycles. The zero-order valence-corrected chi connectivity index (χ0v) is 10.3. The number of nitro groups is 1. The molecule has 0 unspecified atom stereocenters. The van der Waals surface area contributed by atoms with Crippen molar-refractivity contribution in [3.05, 3.63) is 44.5 Å². The summed E-state index contributed by atoms with van der Waals surface area (Å²) >= 11 is 11.8. The molecule has 0 saturated carbocycles. The van der Waals surface area contributed by atoms with Gasteiger partial charge < -0.3 is 9.84 Å². The van der Waals surface area contributed by atoms with Crippen molar-refractivity contribution < 1.29 is 9.45 Å². The van der Waals surface area contributed by atoms with Gasteiger partial charge in [-0.3, -0.25) is 10.1 Å². The molecule has 0 atom stereocenters. The average Bonchev–Trinajstić information content (AvgIpc) is 2.80. The minimum absolute atomic E-state index is 0.151. The van der Waals surface area contributed by atoms with E-state index in [0.29, 0.717) is 11.5 Å². The second-order valence-corrected chi connectivity index (χ2v) is 4.06. The Kier molecular flexibility index (Phi) is 3.63. The Labute approximate surface area is 111 Å². The summed E-state index contributed by atoms with van der Waals surface area (Å²) in [5.74, 6) is 0.417. The second kappa shape index (κ2) is 5.19. The van der Waals surface area contributed by atoms with Crippen LogP contribution in [0.4, 0.5) is 11.4 Å². The Balaban J connectivity index is 2.20. The fraction of sp³-hybridized carbons (Fsp3) is 0.111. The van der Waals surface area contributed by atoms with Gasteiger partial charge in [0, 0.05) is 12.1 Å². The molecule has 0 aliphatic rings. The molecular weight excluding hydrogens is 283 g/mol. The van der Waals surface area contributed by atoms with E-state index in [9.17, 15) is 10.1 Å². The van der Waals surface area contributed by atoms with Crippen LogP contribution in [0, 0.1) is 10.1 Å². The summed E-state index contributed by atoms with van der Waals surface area (Å²) < 4.78 is 4.56. The van der Waals surface area contributed by atoms with Crippen LogP contribution in [0.15, 0.2) is 23.0 Å². The molecule has 0 spiro atoms. The number of benzene rings is 1. The van der Waals surface area contributed by atoms with Crippen molar-refractivity contribution in [2.24, 2.45) is 0 Å². The maximum atomic E-state index is 10.6. The van der Waals surface area contributed by atoms with E-state index in [2.05, 4.69) is 20.0 Å². The number of hydrogen-bond acceptors (Lipinski definition) is 6. The normalized spacial score (nSPS) is 10.3. The summed E-state index contributed by atoms with van der Waals surface area (Å²) in [6.07, 6.45) is 1.19. The first kappa shape index (κ1) is 12.6. The van der Waals surface area contributed by atoms with Gasteiger partial charge in [0.15, 0.2) is 5.82 Å². The standard InChI is InChI=1S/C9H6Cl2N4O3/c10-6-1-5(15(16)17)2-7(11)9(6)12-3-8-13-4-18-14-8/h1-2,4,12H,3H2. The van der Waals surface area contributed by atoms with Crippen LogP contribution in [-0.2, 0) is 6.54 Å². The highest BCUT2D eigenvalue weighted by Gasteiger charge is 2.14. The molecular formula is C9H6Cl2N4O3. The predicted octanol–water partition coefficient (Wildman–Crippen LogP) is 2.90. The Morgan fingerprint density at radius 3 is 2.56 bits per heavy atom. The lowest BCUT2D eigenvalue weighted by Gasteiger charge is -2.08. The topological polar surface area (TPSA) is 94.1 Å². The molecule has 18 heavy (non-hydrogen) atoms. The first-order valence-corrected chi connectivity index (χ1v) is 5.46. The van der Waals surface area contributed by atoms with E-state index >= 15 is 0 Å². The number of nitrogens with one attached hydrogen (secondary N) is 1. The van der Waals surface area contributed by atoms with Crippen LogP contribution in [0.5, 0.6) is 0 Å². The van der Waals surface area contributed by atoms with Gasteiger partial charge in [-0.05, 0) is 0 Å². The van der Waals surface area contributed by atoms with E-state index in [0.717, 1.165) is 0 Å². The van der Waals surface area contributed by atoms with Gasteiger partial charge in [0.25, 0.3) is 5.69 Å². The van der Waals surface area contributed by atoms with E-state index in [-0.39, 0.29) is 22.3 Å². The lowest BCUT2D eigenvalue weighted by molar-refractivity contribution is -0.384. The van der Waals surface area contributed by atoms with Gasteiger partial charge in [-0.1, -0.05) is 28.4 Å². The summed E-state index contributed by atoms with van der Waals surface area (Å²) in [6.45, 7) is 0.244. The Bertz CT molecular complexity index is 550. The number of nitrogens with zero attached hydrogens (tertiary/aromatic N) is 3. The molecule has 94 valence electrons. The van der Waals surface area contributed by atoms with Crippen molar-refractivity contribution in [3.63, 3.8) is 0 Å². The zero-order chi connectivity index (χ0) is 13.1. The third kappa shape index (κ3) is 2.69. The van der Waals surface area contributed by atoms with Crippen LogP contribution in [-0.4, -0.2) is 15.1 Å². The van der Waals surface area contributed by atoms with Crippen LogP contribution in [0.1, 0.15) is 5.82 Å². The van der Waals surface area contributed by atoms with Crippen molar-refractivity contribution in [2.75, 3.05) is 5.32 Å². The first-order valence-electron chi connectivity index (χ1n) is 4.70. The molecule has 9 heteroatoms. The van der Waals surface area contributed by atoms with Gasteiger partial charge in [0.2, 0.25) is 6.39 Å². The van der Waals surface area contributed by atoms with Crippen molar-refractivity contribution in [2.45, 2.75) is 6.54 Å². The van der Waals surface area contributed by atoms with Gasteiger partial charge in [-0.2, -0.15) is 4.98 Å². The number of rotatable bonds is 4. The number of hydrogen-bond donors (Lipinski definition) is 1. The molecule has 0 fully saturated rings. The summed E-state index contributed by atoms with van der Waals surface area (Å²) in [7, 11) is 0. The van der Waals surface area contributed by atoms with Crippen LogP contribution in [0.2, 0.25) is 10.0 Å². The van der Waals surface area contributed by atoms with Crippen LogP contribution in [0.25, 0.3) is 0 Å². The summed E-state index contributed by atoms with van der Waals surface area (Å²) in [5.41, 5.74) is 0.212. The predicted molar refractivity (Wildman–Crippen MR) is 64.7 cm³/mol. The highest BCUT2D eigenvalue weighted by atomic mass is 35.5. The minimum Gasteiger partial charge on any atom is -0.375 e. The van der Waals surface area contributed by atoms with Gasteiger partial charge in [0.05, 0.1) is 27.2 Å². The molecule has 1 N–H and O–H groups in total.